The molecule has 1 rings (SSSR count). The molecule has 20 heavy (non-hydrogen) atoms. The smallest absolute Gasteiger partial charge is 0.254 e. The van der Waals surface area contributed by atoms with E-state index in [4.69, 9.17) is 11.5 Å². The second-order valence-corrected chi connectivity index (χ2v) is 6.13. The molecule has 0 bridgehead atoms. The van der Waals surface area contributed by atoms with E-state index in [1.54, 1.807) is 19.1 Å². The predicted molar refractivity (Wildman–Crippen MR) is 83.2 cm³/mol. The summed E-state index contributed by atoms with van der Waals surface area (Å²) in [6, 6.07) is 3.45. The fourth-order valence-corrected chi connectivity index (χ4v) is 2.42. The van der Waals surface area contributed by atoms with Gasteiger partial charge in [-0.1, -0.05) is 29.8 Å². The van der Waals surface area contributed by atoms with Crippen molar-refractivity contribution in [1.82, 2.24) is 4.90 Å². The van der Waals surface area contributed by atoms with Crippen LogP contribution in [0.1, 0.15) is 29.8 Å². The van der Waals surface area contributed by atoms with Crippen LogP contribution in [0.5, 0.6) is 0 Å². The molecule has 1 aromatic rings. The van der Waals surface area contributed by atoms with Gasteiger partial charge in [0.15, 0.2) is 0 Å². The third-order valence-corrected chi connectivity index (χ3v) is 3.32. The lowest BCUT2D eigenvalue weighted by atomic mass is 10.0. The van der Waals surface area contributed by atoms with Crippen LogP contribution in [0.2, 0.25) is 0 Å². The first kappa shape index (κ1) is 16.5. The van der Waals surface area contributed by atoms with Gasteiger partial charge in [0.1, 0.15) is 0 Å². The molecule has 4 N–H and O–H groups in total. The minimum absolute atomic E-state index is 0.0944. The number of carbonyl (C=O) groups is 2. The summed E-state index contributed by atoms with van der Waals surface area (Å²) < 4.78 is 0.729. The Bertz CT molecular complexity index is 529. The summed E-state index contributed by atoms with van der Waals surface area (Å²) in [5.74, 6) is -0.522. The van der Waals surface area contributed by atoms with Crippen molar-refractivity contribution in [3.05, 3.63) is 27.7 Å². The Morgan fingerprint density at radius 3 is 2.45 bits per heavy atom. The van der Waals surface area contributed by atoms with E-state index in [2.05, 4.69) is 15.9 Å². The lowest BCUT2D eigenvalue weighted by Gasteiger charge is -2.24. The normalized spacial score (nSPS) is 10.7. The van der Waals surface area contributed by atoms with Gasteiger partial charge in [0.05, 0.1) is 6.54 Å². The highest BCUT2D eigenvalue weighted by Gasteiger charge is 2.21. The van der Waals surface area contributed by atoms with E-state index in [1.807, 2.05) is 13.8 Å². The number of nitrogens with two attached hydrogens (primary N) is 2. The summed E-state index contributed by atoms with van der Waals surface area (Å²) in [5.41, 5.74) is 12.8. The third kappa shape index (κ3) is 4.23. The van der Waals surface area contributed by atoms with Crippen LogP contribution >= 0.6 is 15.9 Å². The van der Waals surface area contributed by atoms with Crippen molar-refractivity contribution < 1.29 is 9.59 Å². The molecular formula is C14H20BrN3O2. The average molecular weight is 342 g/mol. The third-order valence-electron chi connectivity index (χ3n) is 2.86. The topological polar surface area (TPSA) is 89.4 Å². The molecule has 0 radical (unpaired) electrons. The maximum Gasteiger partial charge on any atom is 0.254 e. The van der Waals surface area contributed by atoms with E-state index in [1.165, 1.54) is 4.90 Å². The number of hydrogen-bond acceptors (Lipinski definition) is 3. The number of nitrogen functional groups attached to an aromatic ring is 1. The highest BCUT2D eigenvalue weighted by atomic mass is 79.9. The van der Waals surface area contributed by atoms with Crippen molar-refractivity contribution >= 4 is 33.4 Å². The first-order chi connectivity index (χ1) is 9.22. The average Bonchev–Trinajstić information content (AvgIpc) is 2.30. The minimum Gasteiger partial charge on any atom is -0.398 e. The van der Waals surface area contributed by atoms with Crippen LogP contribution in [0, 0.1) is 12.8 Å². The van der Waals surface area contributed by atoms with Crippen molar-refractivity contribution in [2.75, 3.05) is 18.8 Å². The summed E-state index contributed by atoms with van der Waals surface area (Å²) in [6.07, 6.45) is 0. The number of carbonyl (C=O) groups excluding carboxylic acids is 2. The summed E-state index contributed by atoms with van der Waals surface area (Å²) >= 11 is 3.32. The molecular weight excluding hydrogens is 322 g/mol. The predicted octanol–water partition coefficient (Wildman–Crippen LogP) is 1.92. The molecule has 0 aliphatic heterocycles. The van der Waals surface area contributed by atoms with Gasteiger partial charge in [-0.05, 0) is 30.5 Å². The van der Waals surface area contributed by atoms with E-state index in [0.29, 0.717) is 23.4 Å². The van der Waals surface area contributed by atoms with Crippen LogP contribution in [-0.2, 0) is 4.79 Å². The first-order valence-electron chi connectivity index (χ1n) is 6.35. The molecule has 0 unspecified atom stereocenters. The Labute approximate surface area is 127 Å². The van der Waals surface area contributed by atoms with Crippen molar-refractivity contribution in [2.45, 2.75) is 20.8 Å². The second kappa shape index (κ2) is 6.74. The fourth-order valence-electron chi connectivity index (χ4n) is 1.94. The number of nitrogens with zero attached hydrogens (tertiary/aromatic N) is 1. The molecule has 0 spiro atoms. The number of amides is 2. The van der Waals surface area contributed by atoms with Crippen molar-refractivity contribution in [3.63, 3.8) is 0 Å². The molecule has 0 atom stereocenters. The zero-order chi connectivity index (χ0) is 15.4. The van der Waals surface area contributed by atoms with E-state index >= 15 is 0 Å². The van der Waals surface area contributed by atoms with Crippen molar-refractivity contribution in [1.29, 1.82) is 0 Å². The molecule has 110 valence electrons. The van der Waals surface area contributed by atoms with E-state index in [9.17, 15) is 9.59 Å². The Hall–Kier alpha value is -1.56. The van der Waals surface area contributed by atoms with Gasteiger partial charge in [-0.25, -0.2) is 0 Å². The quantitative estimate of drug-likeness (QED) is 0.801. The number of rotatable bonds is 5. The van der Waals surface area contributed by atoms with E-state index in [-0.39, 0.29) is 18.4 Å². The van der Waals surface area contributed by atoms with Gasteiger partial charge >= 0.3 is 0 Å². The molecule has 0 aliphatic carbocycles. The second-order valence-electron chi connectivity index (χ2n) is 5.21. The molecule has 0 aromatic heterocycles. The van der Waals surface area contributed by atoms with Crippen LogP contribution in [0.15, 0.2) is 16.6 Å². The van der Waals surface area contributed by atoms with Crippen molar-refractivity contribution in [2.24, 2.45) is 11.7 Å². The zero-order valence-electron chi connectivity index (χ0n) is 11.9. The number of primary amides is 1. The molecule has 5 nitrogen and oxygen atoms in total. The summed E-state index contributed by atoms with van der Waals surface area (Å²) in [7, 11) is 0. The van der Waals surface area contributed by atoms with Gasteiger partial charge < -0.3 is 16.4 Å². The highest BCUT2D eigenvalue weighted by molar-refractivity contribution is 9.10. The molecule has 0 saturated carbocycles. The van der Waals surface area contributed by atoms with Crippen LogP contribution in [0.4, 0.5) is 5.69 Å². The Kier molecular flexibility index (Phi) is 5.56. The maximum atomic E-state index is 12.6. The molecule has 0 aliphatic rings. The molecule has 0 heterocycles. The molecule has 0 saturated heterocycles. The lowest BCUT2D eigenvalue weighted by molar-refractivity contribution is -0.118. The van der Waals surface area contributed by atoms with Crippen molar-refractivity contribution in [3.8, 4) is 0 Å². The molecule has 2 amide bonds. The minimum atomic E-state index is -0.528. The summed E-state index contributed by atoms with van der Waals surface area (Å²) in [4.78, 5) is 25.2. The van der Waals surface area contributed by atoms with Gasteiger partial charge in [-0.2, -0.15) is 0 Å². The standard InChI is InChI=1S/C14H20BrN3O2/c1-8(2)6-18(7-13(17)19)14(20)11-4-10(15)5-12(16)9(11)3/h4-5,8H,6-7,16H2,1-3H3,(H2,17,19). The Balaban J connectivity index is 3.14. The van der Waals surface area contributed by atoms with Gasteiger partial charge in [-0.3, -0.25) is 9.59 Å². The molecule has 6 heteroatoms. The van der Waals surface area contributed by atoms with E-state index in [0.717, 1.165) is 4.47 Å². The molecule has 1 aromatic carbocycles. The van der Waals surface area contributed by atoms with Gasteiger partial charge in [0, 0.05) is 22.3 Å². The monoisotopic (exact) mass is 341 g/mol. The maximum absolute atomic E-state index is 12.6. The van der Waals surface area contributed by atoms with Gasteiger partial charge in [0.25, 0.3) is 5.91 Å². The number of benzene rings is 1. The van der Waals surface area contributed by atoms with Crippen LogP contribution < -0.4 is 11.5 Å². The van der Waals surface area contributed by atoms with Gasteiger partial charge in [-0.15, -0.1) is 0 Å². The van der Waals surface area contributed by atoms with Gasteiger partial charge in [0.2, 0.25) is 5.91 Å². The number of halogens is 1. The van der Waals surface area contributed by atoms with E-state index < -0.39 is 5.91 Å². The largest absolute Gasteiger partial charge is 0.398 e. The highest BCUT2D eigenvalue weighted by Crippen LogP contribution is 2.24. The number of hydrogen-bond donors (Lipinski definition) is 2. The SMILES string of the molecule is Cc1c(N)cc(Br)cc1C(=O)N(CC(N)=O)CC(C)C. The Morgan fingerprint density at radius 2 is 1.95 bits per heavy atom. The van der Waals surface area contributed by atoms with Crippen LogP contribution in [0.25, 0.3) is 0 Å². The summed E-state index contributed by atoms with van der Waals surface area (Å²) in [6.45, 7) is 6.11. The lowest BCUT2D eigenvalue weighted by Crippen LogP contribution is -2.40. The molecule has 0 fully saturated rings. The zero-order valence-corrected chi connectivity index (χ0v) is 13.5. The summed E-state index contributed by atoms with van der Waals surface area (Å²) in [5, 5.41) is 0. The van der Waals surface area contributed by atoms with Crippen LogP contribution in [0.3, 0.4) is 0 Å². The number of anilines is 1. The Morgan fingerprint density at radius 1 is 1.35 bits per heavy atom. The first-order valence-corrected chi connectivity index (χ1v) is 7.14. The van der Waals surface area contributed by atoms with Crippen LogP contribution in [-0.4, -0.2) is 29.8 Å². The fraction of sp³-hybridized carbons (Fsp3) is 0.429.